The lowest BCUT2D eigenvalue weighted by atomic mass is 10.1. The van der Waals surface area contributed by atoms with E-state index in [9.17, 15) is 4.79 Å². The minimum absolute atomic E-state index is 0.229. The SMILES string of the molecule is CCCCCOc1ccccc1/C=N/NC(=O)c1ccc(C)cc1. The van der Waals surface area contributed by atoms with Crippen molar-refractivity contribution in [3.05, 3.63) is 65.2 Å². The first-order valence-electron chi connectivity index (χ1n) is 8.32. The Morgan fingerprint density at radius 3 is 2.62 bits per heavy atom. The van der Waals surface area contributed by atoms with E-state index in [2.05, 4.69) is 17.5 Å². The minimum atomic E-state index is -0.229. The van der Waals surface area contributed by atoms with Crippen molar-refractivity contribution in [2.45, 2.75) is 33.1 Å². The quantitative estimate of drug-likeness (QED) is 0.446. The molecule has 4 heteroatoms. The molecule has 0 aliphatic carbocycles. The van der Waals surface area contributed by atoms with Crippen LogP contribution in [0.3, 0.4) is 0 Å². The molecule has 0 spiro atoms. The van der Waals surface area contributed by atoms with E-state index in [0.717, 1.165) is 36.1 Å². The number of rotatable bonds is 8. The van der Waals surface area contributed by atoms with Gasteiger partial charge in [-0.3, -0.25) is 4.79 Å². The van der Waals surface area contributed by atoms with Gasteiger partial charge in [0.15, 0.2) is 0 Å². The van der Waals surface area contributed by atoms with Gasteiger partial charge < -0.3 is 4.74 Å². The van der Waals surface area contributed by atoms with E-state index < -0.39 is 0 Å². The first-order valence-corrected chi connectivity index (χ1v) is 8.32. The average Bonchev–Trinajstić information content (AvgIpc) is 2.60. The first kappa shape index (κ1) is 17.7. The molecule has 0 heterocycles. The third-order valence-electron chi connectivity index (χ3n) is 3.61. The van der Waals surface area contributed by atoms with Crippen molar-refractivity contribution >= 4 is 12.1 Å². The number of aryl methyl sites for hydroxylation is 1. The molecule has 0 saturated carbocycles. The third kappa shape index (κ3) is 5.54. The smallest absolute Gasteiger partial charge is 0.271 e. The number of nitrogens with zero attached hydrogens (tertiary/aromatic N) is 1. The highest BCUT2D eigenvalue weighted by Gasteiger charge is 2.04. The summed E-state index contributed by atoms with van der Waals surface area (Å²) in [5, 5.41) is 4.04. The van der Waals surface area contributed by atoms with Gasteiger partial charge in [-0.05, 0) is 37.6 Å². The molecule has 2 rings (SSSR count). The highest BCUT2D eigenvalue weighted by Crippen LogP contribution is 2.16. The van der Waals surface area contributed by atoms with Crippen LogP contribution in [0.15, 0.2) is 53.6 Å². The Morgan fingerprint density at radius 1 is 1.12 bits per heavy atom. The van der Waals surface area contributed by atoms with Crippen molar-refractivity contribution in [2.24, 2.45) is 5.10 Å². The molecule has 0 radical (unpaired) electrons. The fraction of sp³-hybridized carbons (Fsp3) is 0.300. The maximum Gasteiger partial charge on any atom is 0.271 e. The van der Waals surface area contributed by atoms with Gasteiger partial charge in [-0.1, -0.05) is 49.6 Å². The maximum atomic E-state index is 12.0. The molecular weight excluding hydrogens is 300 g/mol. The van der Waals surface area contributed by atoms with Gasteiger partial charge in [0.2, 0.25) is 0 Å². The van der Waals surface area contributed by atoms with E-state index >= 15 is 0 Å². The number of unbranched alkanes of at least 4 members (excludes halogenated alkanes) is 2. The van der Waals surface area contributed by atoms with Gasteiger partial charge in [-0.15, -0.1) is 0 Å². The molecule has 0 aliphatic heterocycles. The maximum absolute atomic E-state index is 12.0. The van der Waals surface area contributed by atoms with E-state index in [0.29, 0.717) is 12.2 Å². The number of carbonyl (C=O) groups is 1. The Bertz CT molecular complexity index is 678. The van der Waals surface area contributed by atoms with E-state index in [1.54, 1.807) is 18.3 Å². The van der Waals surface area contributed by atoms with E-state index in [1.165, 1.54) is 0 Å². The number of hydrazone groups is 1. The second-order valence-electron chi connectivity index (χ2n) is 5.66. The first-order chi connectivity index (χ1) is 11.7. The van der Waals surface area contributed by atoms with Crippen LogP contribution in [-0.2, 0) is 0 Å². The fourth-order valence-corrected chi connectivity index (χ4v) is 2.18. The topological polar surface area (TPSA) is 50.7 Å². The van der Waals surface area contributed by atoms with Gasteiger partial charge in [-0.25, -0.2) is 5.43 Å². The van der Waals surface area contributed by atoms with Gasteiger partial charge in [0.05, 0.1) is 12.8 Å². The van der Waals surface area contributed by atoms with Crippen LogP contribution >= 0.6 is 0 Å². The molecule has 0 fully saturated rings. The van der Waals surface area contributed by atoms with Crippen LogP contribution in [0, 0.1) is 6.92 Å². The Kier molecular flexibility index (Phi) is 7.02. The van der Waals surface area contributed by atoms with Crippen LogP contribution in [0.4, 0.5) is 0 Å². The van der Waals surface area contributed by atoms with Crippen molar-refractivity contribution < 1.29 is 9.53 Å². The molecule has 2 aromatic carbocycles. The summed E-state index contributed by atoms with van der Waals surface area (Å²) in [5.74, 6) is 0.550. The van der Waals surface area contributed by atoms with Crippen LogP contribution in [-0.4, -0.2) is 18.7 Å². The van der Waals surface area contributed by atoms with Gasteiger partial charge in [-0.2, -0.15) is 5.10 Å². The molecular formula is C20H24N2O2. The zero-order valence-corrected chi connectivity index (χ0v) is 14.3. The molecule has 1 N–H and O–H groups in total. The van der Waals surface area contributed by atoms with E-state index in [-0.39, 0.29) is 5.91 Å². The van der Waals surface area contributed by atoms with Gasteiger partial charge in [0, 0.05) is 11.1 Å². The summed E-state index contributed by atoms with van der Waals surface area (Å²) in [5.41, 5.74) is 5.09. The summed E-state index contributed by atoms with van der Waals surface area (Å²) in [6, 6.07) is 15.0. The molecule has 1 amide bonds. The highest BCUT2D eigenvalue weighted by molar-refractivity contribution is 5.95. The molecule has 4 nitrogen and oxygen atoms in total. The zero-order chi connectivity index (χ0) is 17.2. The second-order valence-corrected chi connectivity index (χ2v) is 5.66. The number of ether oxygens (including phenoxy) is 1. The third-order valence-corrected chi connectivity index (χ3v) is 3.61. The molecule has 0 atom stereocenters. The van der Waals surface area contributed by atoms with Crippen LogP contribution < -0.4 is 10.2 Å². The summed E-state index contributed by atoms with van der Waals surface area (Å²) >= 11 is 0. The van der Waals surface area contributed by atoms with Gasteiger partial charge in [0.25, 0.3) is 5.91 Å². The number of hydrogen-bond acceptors (Lipinski definition) is 3. The molecule has 126 valence electrons. The van der Waals surface area contributed by atoms with E-state index in [1.807, 2.05) is 43.3 Å². The van der Waals surface area contributed by atoms with Crippen LogP contribution in [0.5, 0.6) is 5.75 Å². The van der Waals surface area contributed by atoms with Gasteiger partial charge >= 0.3 is 0 Å². The predicted molar refractivity (Wildman–Crippen MR) is 97.7 cm³/mol. The summed E-state index contributed by atoms with van der Waals surface area (Å²) in [6.07, 6.45) is 4.97. The van der Waals surface area contributed by atoms with Crippen LogP contribution in [0.25, 0.3) is 0 Å². The fourth-order valence-electron chi connectivity index (χ4n) is 2.18. The standard InChI is InChI=1S/C20H24N2O2/c1-3-4-7-14-24-19-9-6-5-8-18(19)15-21-22-20(23)17-12-10-16(2)11-13-17/h5-6,8-13,15H,3-4,7,14H2,1-2H3,(H,22,23)/b21-15+. The molecule has 0 saturated heterocycles. The Morgan fingerprint density at radius 2 is 1.88 bits per heavy atom. The van der Waals surface area contributed by atoms with Crippen molar-refractivity contribution in [1.29, 1.82) is 0 Å². The summed E-state index contributed by atoms with van der Waals surface area (Å²) in [7, 11) is 0. The lowest BCUT2D eigenvalue weighted by molar-refractivity contribution is 0.0955. The van der Waals surface area contributed by atoms with Crippen molar-refractivity contribution in [3.8, 4) is 5.75 Å². The number of nitrogens with one attached hydrogen (secondary N) is 1. The van der Waals surface area contributed by atoms with Crippen molar-refractivity contribution in [2.75, 3.05) is 6.61 Å². The number of benzene rings is 2. The Labute approximate surface area is 143 Å². The van der Waals surface area contributed by atoms with Crippen LogP contribution in [0.2, 0.25) is 0 Å². The average molecular weight is 324 g/mol. The number of hydrogen-bond donors (Lipinski definition) is 1. The minimum Gasteiger partial charge on any atom is -0.493 e. The lowest BCUT2D eigenvalue weighted by Crippen LogP contribution is -2.17. The van der Waals surface area contributed by atoms with E-state index in [4.69, 9.17) is 4.74 Å². The molecule has 0 unspecified atom stereocenters. The summed E-state index contributed by atoms with van der Waals surface area (Å²) in [6.45, 7) is 4.84. The molecule has 0 bridgehead atoms. The van der Waals surface area contributed by atoms with Crippen LogP contribution in [0.1, 0.15) is 47.7 Å². The predicted octanol–water partition coefficient (Wildman–Crippen LogP) is 4.33. The Balaban J connectivity index is 1.93. The summed E-state index contributed by atoms with van der Waals surface area (Å²) < 4.78 is 5.79. The molecule has 0 aliphatic rings. The van der Waals surface area contributed by atoms with Crippen molar-refractivity contribution in [1.82, 2.24) is 5.43 Å². The number of amides is 1. The zero-order valence-electron chi connectivity index (χ0n) is 14.3. The largest absolute Gasteiger partial charge is 0.493 e. The van der Waals surface area contributed by atoms with Gasteiger partial charge in [0.1, 0.15) is 5.75 Å². The monoisotopic (exact) mass is 324 g/mol. The molecule has 0 aromatic heterocycles. The Hall–Kier alpha value is -2.62. The lowest BCUT2D eigenvalue weighted by Gasteiger charge is -2.08. The molecule has 2 aromatic rings. The normalized spacial score (nSPS) is 10.8. The number of para-hydroxylation sites is 1. The summed E-state index contributed by atoms with van der Waals surface area (Å²) in [4.78, 5) is 12.0. The number of carbonyl (C=O) groups excluding carboxylic acids is 1. The molecule has 24 heavy (non-hydrogen) atoms. The highest BCUT2D eigenvalue weighted by atomic mass is 16.5. The van der Waals surface area contributed by atoms with Crippen molar-refractivity contribution in [3.63, 3.8) is 0 Å². The second kappa shape index (κ2) is 9.50.